The van der Waals surface area contributed by atoms with Crippen LogP contribution in [0.5, 0.6) is 0 Å². The SMILES string of the molecule is O=C(c1ccccc1I)N(Cc1ccccc1F)C1CC1. The maximum atomic E-state index is 13.8. The third-order valence-corrected chi connectivity index (χ3v) is 4.59. The van der Waals surface area contributed by atoms with Crippen LogP contribution in [0.4, 0.5) is 4.39 Å². The van der Waals surface area contributed by atoms with Gasteiger partial charge < -0.3 is 4.90 Å². The number of halogens is 2. The van der Waals surface area contributed by atoms with E-state index in [4.69, 9.17) is 0 Å². The highest BCUT2D eigenvalue weighted by Crippen LogP contribution is 2.31. The van der Waals surface area contributed by atoms with Crippen LogP contribution in [0.1, 0.15) is 28.8 Å². The zero-order chi connectivity index (χ0) is 14.8. The van der Waals surface area contributed by atoms with Gasteiger partial charge in [0.25, 0.3) is 5.91 Å². The maximum absolute atomic E-state index is 13.8. The highest BCUT2D eigenvalue weighted by molar-refractivity contribution is 14.1. The predicted molar refractivity (Wildman–Crippen MR) is 88.5 cm³/mol. The summed E-state index contributed by atoms with van der Waals surface area (Å²) in [5.41, 5.74) is 1.27. The Morgan fingerprint density at radius 2 is 1.81 bits per heavy atom. The largest absolute Gasteiger partial charge is 0.331 e. The zero-order valence-electron chi connectivity index (χ0n) is 11.4. The molecule has 1 amide bonds. The van der Waals surface area contributed by atoms with Crippen molar-refractivity contribution in [1.29, 1.82) is 0 Å². The molecule has 0 aliphatic heterocycles. The maximum Gasteiger partial charge on any atom is 0.255 e. The van der Waals surface area contributed by atoms with E-state index in [0.717, 1.165) is 16.4 Å². The number of amides is 1. The van der Waals surface area contributed by atoms with Crippen LogP contribution in [0.25, 0.3) is 0 Å². The van der Waals surface area contributed by atoms with E-state index in [1.54, 1.807) is 23.1 Å². The van der Waals surface area contributed by atoms with Gasteiger partial charge in [0.05, 0.1) is 5.56 Å². The van der Waals surface area contributed by atoms with Crippen LogP contribution < -0.4 is 0 Å². The number of carbonyl (C=O) groups excluding carboxylic acids is 1. The van der Waals surface area contributed by atoms with E-state index in [-0.39, 0.29) is 17.8 Å². The molecule has 0 radical (unpaired) electrons. The van der Waals surface area contributed by atoms with E-state index in [2.05, 4.69) is 22.6 Å². The van der Waals surface area contributed by atoms with Gasteiger partial charge in [0.2, 0.25) is 0 Å². The van der Waals surface area contributed by atoms with E-state index < -0.39 is 0 Å². The summed E-state index contributed by atoms with van der Waals surface area (Å²) in [6.07, 6.45) is 2.01. The summed E-state index contributed by atoms with van der Waals surface area (Å²) in [4.78, 5) is 14.6. The Labute approximate surface area is 137 Å². The van der Waals surface area contributed by atoms with Gasteiger partial charge in [0.15, 0.2) is 0 Å². The lowest BCUT2D eigenvalue weighted by Crippen LogP contribution is -2.33. The first-order valence-corrected chi connectivity index (χ1v) is 8.03. The van der Waals surface area contributed by atoms with Crippen LogP contribution >= 0.6 is 22.6 Å². The average Bonchev–Trinajstić information content (AvgIpc) is 3.31. The molecule has 4 heteroatoms. The summed E-state index contributed by atoms with van der Waals surface area (Å²) in [5.74, 6) is -0.260. The van der Waals surface area contributed by atoms with Crippen molar-refractivity contribution in [3.05, 3.63) is 69.0 Å². The Bertz CT molecular complexity index is 669. The molecule has 0 N–H and O–H groups in total. The van der Waals surface area contributed by atoms with Gasteiger partial charge in [-0.25, -0.2) is 4.39 Å². The second-order valence-corrected chi connectivity index (χ2v) is 6.40. The number of rotatable bonds is 4. The minimum Gasteiger partial charge on any atom is -0.331 e. The summed E-state index contributed by atoms with van der Waals surface area (Å²) >= 11 is 2.17. The van der Waals surface area contributed by atoms with Crippen LogP contribution in [-0.2, 0) is 6.54 Å². The first-order chi connectivity index (χ1) is 10.2. The molecule has 3 rings (SSSR count). The lowest BCUT2D eigenvalue weighted by molar-refractivity contribution is 0.0727. The Morgan fingerprint density at radius 1 is 1.14 bits per heavy atom. The lowest BCUT2D eigenvalue weighted by atomic mass is 10.1. The normalized spacial score (nSPS) is 14.0. The van der Waals surface area contributed by atoms with Crippen LogP contribution in [0.3, 0.4) is 0 Å². The van der Waals surface area contributed by atoms with Crippen molar-refractivity contribution < 1.29 is 9.18 Å². The van der Waals surface area contributed by atoms with Gasteiger partial charge in [-0.1, -0.05) is 30.3 Å². The van der Waals surface area contributed by atoms with Gasteiger partial charge in [0, 0.05) is 21.7 Å². The van der Waals surface area contributed by atoms with Crippen LogP contribution in [0, 0.1) is 9.39 Å². The smallest absolute Gasteiger partial charge is 0.255 e. The number of benzene rings is 2. The van der Waals surface area contributed by atoms with Crippen molar-refractivity contribution in [2.45, 2.75) is 25.4 Å². The van der Waals surface area contributed by atoms with Gasteiger partial charge in [0.1, 0.15) is 5.82 Å². The Morgan fingerprint density at radius 3 is 2.48 bits per heavy atom. The molecule has 0 unspecified atom stereocenters. The molecule has 0 spiro atoms. The second-order valence-electron chi connectivity index (χ2n) is 5.24. The average molecular weight is 395 g/mol. The minimum atomic E-state index is -0.251. The molecule has 0 aromatic heterocycles. The molecule has 108 valence electrons. The molecule has 0 bridgehead atoms. The lowest BCUT2D eigenvalue weighted by Gasteiger charge is -2.23. The van der Waals surface area contributed by atoms with E-state index in [1.165, 1.54) is 6.07 Å². The van der Waals surface area contributed by atoms with Crippen molar-refractivity contribution >= 4 is 28.5 Å². The number of hydrogen-bond donors (Lipinski definition) is 0. The van der Waals surface area contributed by atoms with Gasteiger partial charge in [-0.15, -0.1) is 0 Å². The fourth-order valence-electron chi connectivity index (χ4n) is 2.35. The van der Waals surface area contributed by atoms with Crippen molar-refractivity contribution in [1.82, 2.24) is 4.90 Å². The Kier molecular flexibility index (Phi) is 4.24. The molecule has 2 aromatic carbocycles. The molecule has 0 heterocycles. The van der Waals surface area contributed by atoms with Crippen LogP contribution in [0.2, 0.25) is 0 Å². The minimum absolute atomic E-state index is 0.00856. The molecule has 1 saturated carbocycles. The van der Waals surface area contributed by atoms with Crippen molar-refractivity contribution in [2.75, 3.05) is 0 Å². The van der Waals surface area contributed by atoms with E-state index in [1.807, 2.05) is 24.3 Å². The van der Waals surface area contributed by atoms with Gasteiger partial charge >= 0.3 is 0 Å². The quantitative estimate of drug-likeness (QED) is 0.710. The molecule has 1 aliphatic rings. The van der Waals surface area contributed by atoms with E-state index >= 15 is 0 Å². The molecular weight excluding hydrogens is 380 g/mol. The molecular formula is C17H15FINO. The molecule has 2 nitrogen and oxygen atoms in total. The summed E-state index contributed by atoms with van der Waals surface area (Å²) in [6, 6.07) is 14.4. The fraction of sp³-hybridized carbons (Fsp3) is 0.235. The predicted octanol–water partition coefficient (Wildman–Crippen LogP) is 4.24. The highest BCUT2D eigenvalue weighted by atomic mass is 127. The molecule has 2 aromatic rings. The summed E-state index contributed by atoms with van der Waals surface area (Å²) in [7, 11) is 0. The molecule has 1 aliphatic carbocycles. The van der Waals surface area contributed by atoms with Gasteiger partial charge in [-0.3, -0.25) is 4.79 Å². The number of hydrogen-bond acceptors (Lipinski definition) is 1. The van der Waals surface area contributed by atoms with E-state index in [0.29, 0.717) is 17.7 Å². The van der Waals surface area contributed by atoms with Gasteiger partial charge in [-0.05, 0) is 53.6 Å². The summed E-state index contributed by atoms with van der Waals surface area (Å²) in [5, 5.41) is 0. The van der Waals surface area contributed by atoms with Crippen molar-refractivity contribution in [2.24, 2.45) is 0 Å². The number of nitrogens with zero attached hydrogens (tertiary/aromatic N) is 1. The molecule has 21 heavy (non-hydrogen) atoms. The van der Waals surface area contributed by atoms with Crippen LogP contribution in [-0.4, -0.2) is 16.8 Å². The van der Waals surface area contributed by atoms with Gasteiger partial charge in [-0.2, -0.15) is 0 Å². The number of carbonyl (C=O) groups is 1. The van der Waals surface area contributed by atoms with Crippen molar-refractivity contribution in [3.8, 4) is 0 Å². The first kappa shape index (κ1) is 14.5. The third-order valence-electron chi connectivity index (χ3n) is 3.65. The molecule has 1 fully saturated rings. The monoisotopic (exact) mass is 395 g/mol. The van der Waals surface area contributed by atoms with Crippen LogP contribution in [0.15, 0.2) is 48.5 Å². The standard InChI is InChI=1S/C17H15FINO/c18-15-7-3-1-5-12(15)11-20(13-9-10-13)17(21)14-6-2-4-8-16(14)19/h1-8,13H,9-11H2. The summed E-state index contributed by atoms with van der Waals surface area (Å²) in [6.45, 7) is 0.334. The molecule has 0 saturated heterocycles. The Hall–Kier alpha value is -1.43. The zero-order valence-corrected chi connectivity index (χ0v) is 13.6. The van der Waals surface area contributed by atoms with Crippen molar-refractivity contribution in [3.63, 3.8) is 0 Å². The first-order valence-electron chi connectivity index (χ1n) is 6.95. The molecule has 0 atom stereocenters. The topological polar surface area (TPSA) is 20.3 Å². The highest BCUT2D eigenvalue weighted by Gasteiger charge is 2.34. The fourth-order valence-corrected chi connectivity index (χ4v) is 2.97. The second kappa shape index (κ2) is 6.13. The Balaban J connectivity index is 1.87. The third kappa shape index (κ3) is 3.26. The van der Waals surface area contributed by atoms with E-state index in [9.17, 15) is 9.18 Å². The summed E-state index contributed by atoms with van der Waals surface area (Å²) < 4.78 is 14.8.